The summed E-state index contributed by atoms with van der Waals surface area (Å²) in [4.78, 5) is 29.5. The number of aromatic nitrogens is 1. The van der Waals surface area contributed by atoms with Crippen LogP contribution in [0.3, 0.4) is 0 Å². The first-order chi connectivity index (χ1) is 13.1. The summed E-state index contributed by atoms with van der Waals surface area (Å²) in [6, 6.07) is 15.7. The Morgan fingerprint density at radius 2 is 1.89 bits per heavy atom. The van der Waals surface area contributed by atoms with Crippen LogP contribution in [0.4, 0.5) is 22.2 Å². The number of thiazole rings is 1. The van der Waals surface area contributed by atoms with Gasteiger partial charge in [-0.3, -0.25) is 19.8 Å². The van der Waals surface area contributed by atoms with Gasteiger partial charge in [-0.25, -0.2) is 4.98 Å². The number of benzene rings is 2. The van der Waals surface area contributed by atoms with Gasteiger partial charge in [0.2, 0.25) is 5.91 Å². The fraction of sp³-hybridized carbons (Fsp3) is 0.158. The molecule has 3 aromatic rings. The standard InChI is InChI=1S/C19H18N4O3S/c1-14-13-27-19(21-14)22(15-7-3-2-4-8-15)18(24)11-12-20-16-9-5-6-10-17(16)23(25)26/h2-10,13,20H,11-12H2,1H3. The molecule has 0 spiro atoms. The maximum atomic E-state index is 12.9. The number of nitro benzene ring substituents is 1. The summed E-state index contributed by atoms with van der Waals surface area (Å²) in [5, 5.41) is 16.6. The summed E-state index contributed by atoms with van der Waals surface area (Å²) in [5.74, 6) is -0.137. The molecule has 0 atom stereocenters. The van der Waals surface area contributed by atoms with E-state index in [4.69, 9.17) is 0 Å². The summed E-state index contributed by atoms with van der Waals surface area (Å²) in [7, 11) is 0. The van der Waals surface area contributed by atoms with E-state index in [1.54, 1.807) is 23.1 Å². The van der Waals surface area contributed by atoms with Crippen molar-refractivity contribution >= 4 is 39.4 Å². The Balaban J connectivity index is 1.73. The number of nitro groups is 1. The highest BCUT2D eigenvalue weighted by molar-refractivity contribution is 7.14. The molecule has 1 heterocycles. The number of nitrogens with one attached hydrogen (secondary N) is 1. The van der Waals surface area contributed by atoms with E-state index in [-0.39, 0.29) is 24.6 Å². The van der Waals surface area contributed by atoms with E-state index >= 15 is 0 Å². The minimum absolute atomic E-state index is 0.0135. The monoisotopic (exact) mass is 382 g/mol. The molecule has 0 unspecified atom stereocenters. The van der Waals surface area contributed by atoms with Gasteiger partial charge >= 0.3 is 0 Å². The Bertz CT molecular complexity index is 943. The first kappa shape index (κ1) is 18.5. The second kappa shape index (κ2) is 8.41. The summed E-state index contributed by atoms with van der Waals surface area (Å²) in [5.41, 5.74) is 1.97. The predicted octanol–water partition coefficient (Wildman–Crippen LogP) is 4.53. The molecular formula is C19H18N4O3S. The fourth-order valence-corrected chi connectivity index (χ4v) is 3.42. The highest BCUT2D eigenvalue weighted by Crippen LogP contribution is 2.29. The molecule has 8 heteroatoms. The number of amides is 1. The smallest absolute Gasteiger partial charge is 0.292 e. The fourth-order valence-electron chi connectivity index (χ4n) is 2.58. The SMILES string of the molecule is Cc1csc(N(C(=O)CCNc2ccccc2[N+](=O)[O-])c2ccccc2)n1. The Morgan fingerprint density at radius 1 is 1.19 bits per heavy atom. The number of carbonyl (C=O) groups is 1. The van der Waals surface area contributed by atoms with Gasteiger partial charge in [-0.05, 0) is 25.1 Å². The number of hydrogen-bond donors (Lipinski definition) is 1. The lowest BCUT2D eigenvalue weighted by atomic mass is 10.2. The van der Waals surface area contributed by atoms with Crippen molar-refractivity contribution in [1.82, 2.24) is 4.98 Å². The molecule has 1 amide bonds. The van der Waals surface area contributed by atoms with Crippen molar-refractivity contribution in [2.75, 3.05) is 16.8 Å². The molecule has 0 aliphatic rings. The van der Waals surface area contributed by atoms with Crippen molar-refractivity contribution in [3.05, 3.63) is 75.8 Å². The lowest BCUT2D eigenvalue weighted by Crippen LogP contribution is -2.27. The highest BCUT2D eigenvalue weighted by atomic mass is 32.1. The van der Waals surface area contributed by atoms with Gasteiger partial charge in [0.1, 0.15) is 5.69 Å². The van der Waals surface area contributed by atoms with E-state index in [9.17, 15) is 14.9 Å². The van der Waals surface area contributed by atoms with E-state index in [0.717, 1.165) is 11.4 Å². The van der Waals surface area contributed by atoms with Crippen LogP contribution in [-0.2, 0) is 4.79 Å². The minimum atomic E-state index is -0.446. The lowest BCUT2D eigenvalue weighted by molar-refractivity contribution is -0.384. The maximum Gasteiger partial charge on any atom is 0.292 e. The van der Waals surface area contributed by atoms with Crippen molar-refractivity contribution in [1.29, 1.82) is 0 Å². The molecular weight excluding hydrogens is 364 g/mol. The van der Waals surface area contributed by atoms with Crippen molar-refractivity contribution in [2.24, 2.45) is 0 Å². The van der Waals surface area contributed by atoms with Gasteiger partial charge in [0.05, 0.1) is 16.3 Å². The normalized spacial score (nSPS) is 10.4. The third kappa shape index (κ3) is 4.48. The molecule has 7 nitrogen and oxygen atoms in total. The largest absolute Gasteiger partial charge is 0.379 e. The average Bonchev–Trinajstić information content (AvgIpc) is 3.09. The number of nitrogens with zero attached hydrogens (tertiary/aromatic N) is 3. The number of anilines is 3. The van der Waals surface area contributed by atoms with E-state index < -0.39 is 4.92 Å². The molecule has 0 fully saturated rings. The molecule has 138 valence electrons. The van der Waals surface area contributed by atoms with Crippen LogP contribution < -0.4 is 10.2 Å². The van der Waals surface area contributed by atoms with Crippen LogP contribution in [0.5, 0.6) is 0 Å². The predicted molar refractivity (Wildman–Crippen MR) is 107 cm³/mol. The van der Waals surface area contributed by atoms with Gasteiger partial charge in [-0.15, -0.1) is 11.3 Å². The van der Waals surface area contributed by atoms with Crippen LogP contribution in [0, 0.1) is 17.0 Å². The molecule has 2 aromatic carbocycles. The summed E-state index contributed by atoms with van der Waals surface area (Å²) in [6.45, 7) is 2.15. The van der Waals surface area contributed by atoms with E-state index in [2.05, 4.69) is 10.3 Å². The van der Waals surface area contributed by atoms with Crippen molar-refractivity contribution in [3.8, 4) is 0 Å². The van der Waals surface area contributed by atoms with Crippen LogP contribution in [0.25, 0.3) is 0 Å². The molecule has 0 radical (unpaired) electrons. The molecule has 0 aliphatic heterocycles. The molecule has 0 saturated heterocycles. The zero-order chi connectivity index (χ0) is 19.2. The molecule has 27 heavy (non-hydrogen) atoms. The summed E-state index contributed by atoms with van der Waals surface area (Å²) < 4.78 is 0. The first-order valence-corrected chi connectivity index (χ1v) is 9.21. The molecule has 3 rings (SSSR count). The van der Waals surface area contributed by atoms with Gasteiger partial charge in [-0.1, -0.05) is 30.3 Å². The van der Waals surface area contributed by atoms with Gasteiger partial charge in [0.25, 0.3) is 5.69 Å². The zero-order valence-electron chi connectivity index (χ0n) is 14.7. The number of para-hydroxylation sites is 3. The van der Waals surface area contributed by atoms with Crippen LogP contribution in [-0.4, -0.2) is 22.4 Å². The Hall–Kier alpha value is -3.26. The van der Waals surface area contributed by atoms with Gasteiger partial charge < -0.3 is 5.32 Å². The second-order valence-electron chi connectivity index (χ2n) is 5.79. The van der Waals surface area contributed by atoms with Gasteiger partial charge in [-0.2, -0.15) is 0 Å². The van der Waals surface area contributed by atoms with E-state index in [1.165, 1.54) is 17.4 Å². The van der Waals surface area contributed by atoms with Crippen LogP contribution in [0.15, 0.2) is 60.0 Å². The summed E-state index contributed by atoms with van der Waals surface area (Å²) in [6.07, 6.45) is 0.166. The topological polar surface area (TPSA) is 88.4 Å². The van der Waals surface area contributed by atoms with Gasteiger partial charge in [0, 0.05) is 24.4 Å². The first-order valence-electron chi connectivity index (χ1n) is 8.33. The maximum absolute atomic E-state index is 12.9. The van der Waals surface area contributed by atoms with Gasteiger partial charge in [0.15, 0.2) is 5.13 Å². The van der Waals surface area contributed by atoms with Crippen molar-refractivity contribution < 1.29 is 9.72 Å². The Morgan fingerprint density at radius 3 is 2.56 bits per heavy atom. The van der Waals surface area contributed by atoms with Crippen LogP contribution in [0.2, 0.25) is 0 Å². The Labute approximate surface area is 160 Å². The van der Waals surface area contributed by atoms with E-state index in [1.807, 2.05) is 42.6 Å². The van der Waals surface area contributed by atoms with Crippen molar-refractivity contribution in [3.63, 3.8) is 0 Å². The van der Waals surface area contributed by atoms with Crippen LogP contribution >= 0.6 is 11.3 Å². The molecule has 0 saturated carbocycles. The number of aryl methyl sites for hydroxylation is 1. The third-order valence-electron chi connectivity index (χ3n) is 3.82. The Kier molecular flexibility index (Phi) is 5.77. The highest BCUT2D eigenvalue weighted by Gasteiger charge is 2.21. The number of hydrogen-bond acceptors (Lipinski definition) is 6. The lowest BCUT2D eigenvalue weighted by Gasteiger charge is -2.20. The van der Waals surface area contributed by atoms with Crippen LogP contribution in [0.1, 0.15) is 12.1 Å². The second-order valence-corrected chi connectivity index (χ2v) is 6.62. The quantitative estimate of drug-likeness (QED) is 0.479. The molecule has 1 N–H and O–H groups in total. The molecule has 0 bridgehead atoms. The number of rotatable bonds is 7. The number of carbonyl (C=O) groups excluding carboxylic acids is 1. The molecule has 0 aliphatic carbocycles. The third-order valence-corrected chi connectivity index (χ3v) is 4.76. The van der Waals surface area contributed by atoms with E-state index in [0.29, 0.717) is 10.8 Å². The average molecular weight is 382 g/mol. The summed E-state index contributed by atoms with van der Waals surface area (Å²) >= 11 is 1.40. The van der Waals surface area contributed by atoms with Crippen molar-refractivity contribution in [2.45, 2.75) is 13.3 Å². The molecule has 1 aromatic heterocycles. The minimum Gasteiger partial charge on any atom is -0.379 e. The zero-order valence-corrected chi connectivity index (χ0v) is 15.5.